The van der Waals surface area contributed by atoms with Crippen LogP contribution in [0.5, 0.6) is 11.5 Å². The Morgan fingerprint density at radius 3 is 1.26 bits per heavy atom. The Morgan fingerprint density at radius 2 is 1.00 bits per heavy atom. The third-order valence-electron chi connectivity index (χ3n) is 3.98. The summed E-state index contributed by atoms with van der Waals surface area (Å²) in [5.74, 6) is -3.77. The summed E-state index contributed by atoms with van der Waals surface area (Å²) in [5.41, 5.74) is 0.866. The zero-order valence-corrected chi connectivity index (χ0v) is 17.3. The summed E-state index contributed by atoms with van der Waals surface area (Å²) in [4.78, 5) is 21.0. The van der Waals surface area contributed by atoms with Gasteiger partial charge in [0.2, 0.25) is 0 Å². The van der Waals surface area contributed by atoms with E-state index in [0.29, 0.717) is 11.1 Å². The minimum Gasteiger partial charge on any atom is -0.543 e. The molecule has 0 aliphatic heterocycles. The van der Waals surface area contributed by atoms with Crippen LogP contribution in [0, 0.1) is 0 Å². The van der Waals surface area contributed by atoms with Crippen molar-refractivity contribution in [3.63, 3.8) is 0 Å². The normalized spacial score (nSPS) is 9.81. The monoisotopic (exact) mass is 430 g/mol. The Kier molecular flexibility index (Phi) is 7.77. The average Bonchev–Trinajstić information content (AvgIpc) is 3.32. The molecule has 2 heterocycles. The molecule has 10 nitrogen and oxygen atoms in total. The molecule has 4 aromatic rings. The maximum atomic E-state index is 10.5. The second kappa shape index (κ2) is 10.3. The summed E-state index contributed by atoms with van der Waals surface area (Å²) in [6, 6.07) is 17.6. The van der Waals surface area contributed by atoms with Crippen molar-refractivity contribution in [3.8, 4) is 34.0 Å². The van der Waals surface area contributed by atoms with Gasteiger partial charge < -0.3 is 30.0 Å². The Balaban J connectivity index is 0.000000213. The first-order valence-electron chi connectivity index (χ1n) is 8.48. The fourth-order valence-corrected chi connectivity index (χ4v) is 2.55. The Labute approximate surface area is 191 Å². The molecule has 0 radical (unpaired) electrons. The molecule has 2 aromatic carbocycles. The molecule has 2 aromatic heterocycles. The van der Waals surface area contributed by atoms with Gasteiger partial charge in [0.25, 0.3) is 0 Å². The number of aromatic carboxylic acids is 2. The van der Waals surface area contributed by atoms with Gasteiger partial charge in [0.15, 0.2) is 11.5 Å². The summed E-state index contributed by atoms with van der Waals surface area (Å²) in [7, 11) is 0. The molecule has 0 aliphatic rings. The molecular formula is C20H14MgN4O6. The molecule has 0 atom stereocenters. The predicted octanol–water partition coefficient (Wildman–Crippen LogP) is -0.0892. The van der Waals surface area contributed by atoms with Crippen LogP contribution < -0.4 is 10.2 Å². The maximum Gasteiger partial charge on any atom is 2.00 e. The van der Waals surface area contributed by atoms with Crippen LogP contribution in [-0.2, 0) is 0 Å². The smallest absolute Gasteiger partial charge is 0.543 e. The van der Waals surface area contributed by atoms with Crippen LogP contribution in [0.2, 0.25) is 0 Å². The van der Waals surface area contributed by atoms with Gasteiger partial charge in [-0.3, -0.25) is 10.2 Å². The molecule has 0 unspecified atom stereocenters. The molecule has 0 spiro atoms. The van der Waals surface area contributed by atoms with Gasteiger partial charge in [-0.15, -0.1) is 0 Å². The van der Waals surface area contributed by atoms with E-state index in [4.69, 9.17) is 0 Å². The van der Waals surface area contributed by atoms with E-state index in [2.05, 4.69) is 20.4 Å². The van der Waals surface area contributed by atoms with Gasteiger partial charge in [-0.25, -0.2) is 0 Å². The molecule has 152 valence electrons. The summed E-state index contributed by atoms with van der Waals surface area (Å²) in [5, 5.41) is 52.0. The number of hydrogen-bond donors (Lipinski definition) is 4. The number of aromatic hydroxyl groups is 2. The molecule has 0 amide bonds. The third kappa shape index (κ3) is 5.21. The first kappa shape index (κ1) is 23.4. The zero-order valence-electron chi connectivity index (χ0n) is 15.9. The molecule has 0 bridgehead atoms. The minimum absolute atomic E-state index is 0. The van der Waals surface area contributed by atoms with Gasteiger partial charge in [0, 0.05) is 11.1 Å². The number of hydrogen-bond acceptors (Lipinski definition) is 8. The quantitative estimate of drug-likeness (QED) is 0.324. The van der Waals surface area contributed by atoms with Gasteiger partial charge in [-0.2, -0.15) is 10.2 Å². The number of carbonyl (C=O) groups is 2. The van der Waals surface area contributed by atoms with Crippen LogP contribution >= 0.6 is 0 Å². The predicted molar refractivity (Wildman–Crippen MR) is 106 cm³/mol. The van der Waals surface area contributed by atoms with E-state index in [9.17, 15) is 30.0 Å². The number of H-pyrrole nitrogens is 2. The number of carbonyl (C=O) groups excluding carboxylic acids is 2. The van der Waals surface area contributed by atoms with Crippen LogP contribution in [0.25, 0.3) is 22.5 Å². The summed E-state index contributed by atoms with van der Waals surface area (Å²) >= 11 is 0. The number of nitrogens with zero attached hydrogens (tertiary/aromatic N) is 2. The van der Waals surface area contributed by atoms with Crippen molar-refractivity contribution >= 4 is 35.0 Å². The van der Waals surface area contributed by atoms with E-state index in [0.717, 1.165) is 0 Å². The molecule has 31 heavy (non-hydrogen) atoms. The van der Waals surface area contributed by atoms with Gasteiger partial charge in [0.1, 0.15) is 22.8 Å². The molecule has 11 heteroatoms. The van der Waals surface area contributed by atoms with Crippen molar-refractivity contribution in [3.05, 3.63) is 72.1 Å². The minimum atomic E-state index is -1.48. The average molecular weight is 431 g/mol. The Bertz CT molecular complexity index is 1080. The van der Waals surface area contributed by atoms with Crippen LogP contribution in [-0.4, -0.2) is 65.6 Å². The number of carboxylic acid groups (broad SMARTS) is 2. The fraction of sp³-hybridized carbons (Fsp3) is 0. The fourth-order valence-electron chi connectivity index (χ4n) is 2.55. The van der Waals surface area contributed by atoms with Gasteiger partial charge in [-0.1, -0.05) is 60.7 Å². The molecule has 4 N–H and O–H groups in total. The van der Waals surface area contributed by atoms with Crippen LogP contribution in [0.3, 0.4) is 0 Å². The van der Waals surface area contributed by atoms with Gasteiger partial charge in [0.05, 0.1) is 11.9 Å². The zero-order chi connectivity index (χ0) is 21.7. The van der Waals surface area contributed by atoms with E-state index in [1.807, 2.05) is 12.1 Å². The SMILES string of the molecule is O=C([O-])c1[nH]nc(-c2ccccc2)c1O.O=C([O-])c1[nH]nc(-c2ccccc2)c1O.[Mg+2]. The summed E-state index contributed by atoms with van der Waals surface area (Å²) < 4.78 is 0. The number of aromatic amines is 2. The largest absolute Gasteiger partial charge is 2.00 e. The van der Waals surface area contributed by atoms with Crippen molar-refractivity contribution < 1.29 is 30.0 Å². The van der Waals surface area contributed by atoms with Crippen molar-refractivity contribution in [2.75, 3.05) is 0 Å². The van der Waals surface area contributed by atoms with Crippen molar-refractivity contribution in [2.45, 2.75) is 0 Å². The topological polar surface area (TPSA) is 178 Å². The third-order valence-corrected chi connectivity index (χ3v) is 3.98. The van der Waals surface area contributed by atoms with Gasteiger partial charge >= 0.3 is 23.1 Å². The van der Waals surface area contributed by atoms with E-state index in [1.165, 1.54) is 0 Å². The van der Waals surface area contributed by atoms with E-state index in [1.54, 1.807) is 48.5 Å². The Morgan fingerprint density at radius 1 is 0.677 bits per heavy atom. The number of carboxylic acids is 2. The standard InChI is InChI=1S/2C10H8N2O3.Mg/c2*13-9-7(6-4-2-1-3-5-6)11-12-8(9)10(14)15;/h2*1-5,13H,(H,11,12)(H,14,15);/q;;+2/p-2. The van der Waals surface area contributed by atoms with Crippen LogP contribution in [0.1, 0.15) is 21.0 Å². The maximum absolute atomic E-state index is 10.5. The van der Waals surface area contributed by atoms with Crippen molar-refractivity contribution in [1.82, 2.24) is 20.4 Å². The first-order valence-corrected chi connectivity index (χ1v) is 8.48. The molecule has 0 saturated carbocycles. The summed E-state index contributed by atoms with van der Waals surface area (Å²) in [6.07, 6.45) is 0. The summed E-state index contributed by atoms with van der Waals surface area (Å²) in [6.45, 7) is 0. The Hall–Kier alpha value is -3.83. The van der Waals surface area contributed by atoms with E-state index >= 15 is 0 Å². The number of nitrogens with one attached hydrogen (secondary N) is 2. The molecule has 0 saturated heterocycles. The van der Waals surface area contributed by atoms with E-state index in [-0.39, 0.29) is 34.4 Å². The second-order valence-corrected chi connectivity index (χ2v) is 5.90. The van der Waals surface area contributed by atoms with Gasteiger partial charge in [-0.05, 0) is 0 Å². The van der Waals surface area contributed by atoms with E-state index < -0.39 is 34.8 Å². The van der Waals surface area contributed by atoms with Crippen LogP contribution in [0.4, 0.5) is 0 Å². The number of benzene rings is 2. The van der Waals surface area contributed by atoms with Crippen LogP contribution in [0.15, 0.2) is 60.7 Å². The number of rotatable bonds is 4. The second-order valence-electron chi connectivity index (χ2n) is 5.90. The molecule has 0 fully saturated rings. The van der Waals surface area contributed by atoms with Crippen molar-refractivity contribution in [1.29, 1.82) is 0 Å². The first-order chi connectivity index (χ1) is 14.4. The molecule has 4 rings (SSSR count). The molecule has 0 aliphatic carbocycles. The molecular weight excluding hydrogens is 417 g/mol. The number of aromatic nitrogens is 4. The van der Waals surface area contributed by atoms with Crippen molar-refractivity contribution in [2.24, 2.45) is 0 Å².